The van der Waals surface area contributed by atoms with Gasteiger partial charge in [0.1, 0.15) is 0 Å². The molecule has 1 aliphatic heterocycles. The van der Waals surface area contributed by atoms with Crippen LogP contribution in [0.15, 0.2) is 0 Å². The van der Waals surface area contributed by atoms with E-state index >= 15 is 0 Å². The molecule has 0 bridgehead atoms. The summed E-state index contributed by atoms with van der Waals surface area (Å²) in [5, 5.41) is 2.98. The molecule has 2 amide bonds. The fraction of sp³-hybridized carbons (Fsp3) is 0.833. The molecule has 1 fully saturated rings. The standard InChI is InChI=1S/C12H23N3O2/c1-9(7-13)3-5-11(16)14-10-4-6-12(17)15(2)8-10/h9-10H,3-8,13H2,1-2H3,(H,14,16). The summed E-state index contributed by atoms with van der Waals surface area (Å²) < 4.78 is 0. The monoisotopic (exact) mass is 241 g/mol. The van der Waals surface area contributed by atoms with Crippen LogP contribution in [0.1, 0.15) is 32.6 Å². The molecule has 0 aromatic heterocycles. The first kappa shape index (κ1) is 14.0. The number of likely N-dealkylation sites (N-methyl/N-ethyl adjacent to an activating group) is 1. The molecule has 98 valence electrons. The van der Waals surface area contributed by atoms with Crippen LogP contribution in [0.4, 0.5) is 0 Å². The van der Waals surface area contributed by atoms with Crippen LogP contribution >= 0.6 is 0 Å². The highest BCUT2D eigenvalue weighted by Crippen LogP contribution is 2.10. The number of hydrogen-bond donors (Lipinski definition) is 2. The second-order valence-corrected chi connectivity index (χ2v) is 4.96. The average Bonchev–Trinajstić information content (AvgIpc) is 2.31. The highest BCUT2D eigenvalue weighted by molar-refractivity contribution is 5.78. The fourth-order valence-electron chi connectivity index (χ4n) is 1.93. The molecule has 1 heterocycles. The van der Waals surface area contributed by atoms with E-state index < -0.39 is 0 Å². The van der Waals surface area contributed by atoms with Crippen molar-refractivity contribution in [2.24, 2.45) is 11.7 Å². The van der Waals surface area contributed by atoms with E-state index in [9.17, 15) is 9.59 Å². The summed E-state index contributed by atoms with van der Waals surface area (Å²) in [5.41, 5.74) is 5.50. The summed E-state index contributed by atoms with van der Waals surface area (Å²) >= 11 is 0. The third-order valence-electron chi connectivity index (χ3n) is 3.26. The van der Waals surface area contributed by atoms with E-state index in [1.807, 2.05) is 6.92 Å². The van der Waals surface area contributed by atoms with E-state index in [4.69, 9.17) is 5.73 Å². The minimum absolute atomic E-state index is 0.0676. The molecule has 2 atom stereocenters. The van der Waals surface area contributed by atoms with Gasteiger partial charge in [0.25, 0.3) is 0 Å². The van der Waals surface area contributed by atoms with Gasteiger partial charge in [-0.1, -0.05) is 6.92 Å². The van der Waals surface area contributed by atoms with Gasteiger partial charge in [0.2, 0.25) is 11.8 Å². The maximum Gasteiger partial charge on any atom is 0.222 e. The Bertz CT molecular complexity index is 281. The molecule has 0 aliphatic carbocycles. The number of nitrogens with zero attached hydrogens (tertiary/aromatic N) is 1. The van der Waals surface area contributed by atoms with Gasteiger partial charge in [-0.2, -0.15) is 0 Å². The predicted molar refractivity (Wildman–Crippen MR) is 66.3 cm³/mol. The van der Waals surface area contributed by atoms with Gasteiger partial charge < -0.3 is 16.0 Å². The lowest BCUT2D eigenvalue weighted by atomic mass is 10.0. The van der Waals surface area contributed by atoms with Crippen LogP contribution in [-0.2, 0) is 9.59 Å². The molecule has 1 saturated heterocycles. The molecule has 0 spiro atoms. The molecule has 0 radical (unpaired) electrons. The van der Waals surface area contributed by atoms with Crippen molar-refractivity contribution in [1.29, 1.82) is 0 Å². The highest BCUT2D eigenvalue weighted by atomic mass is 16.2. The highest BCUT2D eigenvalue weighted by Gasteiger charge is 2.23. The molecule has 0 aromatic carbocycles. The van der Waals surface area contributed by atoms with Crippen LogP contribution in [0.5, 0.6) is 0 Å². The summed E-state index contributed by atoms with van der Waals surface area (Å²) in [6.07, 6.45) is 2.62. The van der Waals surface area contributed by atoms with E-state index in [2.05, 4.69) is 5.32 Å². The predicted octanol–water partition coefficient (Wildman–Crippen LogP) is 0.0984. The molecular formula is C12H23N3O2. The lowest BCUT2D eigenvalue weighted by Crippen LogP contribution is -2.48. The van der Waals surface area contributed by atoms with Crippen molar-refractivity contribution in [2.45, 2.75) is 38.6 Å². The summed E-state index contributed by atoms with van der Waals surface area (Å²) in [6, 6.07) is 0.110. The minimum Gasteiger partial charge on any atom is -0.352 e. The van der Waals surface area contributed by atoms with E-state index in [0.717, 1.165) is 12.8 Å². The molecule has 0 saturated carbocycles. The van der Waals surface area contributed by atoms with Crippen molar-refractivity contribution in [1.82, 2.24) is 10.2 Å². The van der Waals surface area contributed by atoms with Crippen LogP contribution in [-0.4, -0.2) is 42.9 Å². The number of amides is 2. The SMILES string of the molecule is CC(CN)CCC(=O)NC1CCC(=O)N(C)C1. The van der Waals surface area contributed by atoms with Gasteiger partial charge >= 0.3 is 0 Å². The van der Waals surface area contributed by atoms with Crippen molar-refractivity contribution in [2.75, 3.05) is 20.1 Å². The molecular weight excluding hydrogens is 218 g/mol. The number of likely N-dealkylation sites (tertiary alicyclic amines) is 1. The largest absolute Gasteiger partial charge is 0.352 e. The summed E-state index contributed by atoms with van der Waals surface area (Å²) in [5.74, 6) is 0.613. The lowest BCUT2D eigenvalue weighted by Gasteiger charge is -2.30. The average molecular weight is 241 g/mol. The number of carbonyl (C=O) groups excluding carboxylic acids is 2. The fourth-order valence-corrected chi connectivity index (χ4v) is 1.93. The number of nitrogens with two attached hydrogens (primary N) is 1. The zero-order valence-corrected chi connectivity index (χ0v) is 10.7. The lowest BCUT2D eigenvalue weighted by molar-refractivity contribution is -0.134. The molecule has 1 rings (SSSR count). The molecule has 5 heteroatoms. The first-order valence-electron chi connectivity index (χ1n) is 6.26. The number of piperidine rings is 1. The van der Waals surface area contributed by atoms with Crippen molar-refractivity contribution in [3.05, 3.63) is 0 Å². The van der Waals surface area contributed by atoms with E-state index in [0.29, 0.717) is 31.8 Å². The number of nitrogens with one attached hydrogen (secondary N) is 1. The van der Waals surface area contributed by atoms with Gasteiger partial charge in [-0.25, -0.2) is 0 Å². The molecule has 1 aliphatic rings. The molecule has 5 nitrogen and oxygen atoms in total. The van der Waals surface area contributed by atoms with Crippen LogP contribution in [0.3, 0.4) is 0 Å². The van der Waals surface area contributed by atoms with E-state index in [-0.39, 0.29) is 17.9 Å². The van der Waals surface area contributed by atoms with Gasteiger partial charge in [0, 0.05) is 32.5 Å². The first-order chi connectivity index (χ1) is 8.02. The van der Waals surface area contributed by atoms with E-state index in [1.54, 1.807) is 11.9 Å². The van der Waals surface area contributed by atoms with Gasteiger partial charge in [0.05, 0.1) is 0 Å². The second kappa shape index (κ2) is 6.59. The topological polar surface area (TPSA) is 75.4 Å². The van der Waals surface area contributed by atoms with Crippen LogP contribution in [0.25, 0.3) is 0 Å². The zero-order valence-electron chi connectivity index (χ0n) is 10.7. The third kappa shape index (κ3) is 4.73. The number of carbonyl (C=O) groups is 2. The van der Waals surface area contributed by atoms with Gasteiger partial charge in [-0.05, 0) is 25.3 Å². The van der Waals surface area contributed by atoms with Crippen molar-refractivity contribution < 1.29 is 9.59 Å². The van der Waals surface area contributed by atoms with Crippen LogP contribution in [0.2, 0.25) is 0 Å². The van der Waals surface area contributed by atoms with Gasteiger partial charge in [0.15, 0.2) is 0 Å². The Morgan fingerprint density at radius 1 is 1.65 bits per heavy atom. The first-order valence-corrected chi connectivity index (χ1v) is 6.26. The molecule has 3 N–H and O–H groups in total. The molecule has 2 unspecified atom stereocenters. The normalized spacial score (nSPS) is 22.4. The maximum atomic E-state index is 11.7. The Morgan fingerprint density at radius 3 is 2.94 bits per heavy atom. The number of hydrogen-bond acceptors (Lipinski definition) is 3. The summed E-state index contributed by atoms with van der Waals surface area (Å²) in [4.78, 5) is 24.6. The van der Waals surface area contributed by atoms with Crippen LogP contribution < -0.4 is 11.1 Å². The second-order valence-electron chi connectivity index (χ2n) is 4.96. The minimum atomic E-state index is 0.0676. The van der Waals surface area contributed by atoms with Crippen LogP contribution in [0, 0.1) is 5.92 Å². The number of rotatable bonds is 5. The third-order valence-corrected chi connectivity index (χ3v) is 3.26. The molecule has 0 aromatic rings. The zero-order chi connectivity index (χ0) is 12.8. The smallest absolute Gasteiger partial charge is 0.222 e. The maximum absolute atomic E-state index is 11.7. The summed E-state index contributed by atoms with van der Waals surface area (Å²) in [7, 11) is 1.77. The van der Waals surface area contributed by atoms with Gasteiger partial charge in [-0.15, -0.1) is 0 Å². The Kier molecular flexibility index (Phi) is 5.41. The van der Waals surface area contributed by atoms with Crippen molar-refractivity contribution in [3.63, 3.8) is 0 Å². The van der Waals surface area contributed by atoms with E-state index in [1.165, 1.54) is 0 Å². The molecule has 17 heavy (non-hydrogen) atoms. The Morgan fingerprint density at radius 2 is 2.35 bits per heavy atom. The quantitative estimate of drug-likeness (QED) is 0.716. The Hall–Kier alpha value is -1.10. The van der Waals surface area contributed by atoms with Crippen molar-refractivity contribution in [3.8, 4) is 0 Å². The Labute approximate surface area is 103 Å². The Balaban J connectivity index is 2.25. The van der Waals surface area contributed by atoms with Crippen molar-refractivity contribution >= 4 is 11.8 Å². The summed E-state index contributed by atoms with van der Waals surface area (Å²) in [6.45, 7) is 3.28. The van der Waals surface area contributed by atoms with Gasteiger partial charge in [-0.3, -0.25) is 9.59 Å².